The van der Waals surface area contributed by atoms with Gasteiger partial charge in [0.25, 0.3) is 0 Å². The van der Waals surface area contributed by atoms with Crippen LogP contribution in [0.1, 0.15) is 56.3 Å². The van der Waals surface area contributed by atoms with Crippen LogP contribution in [-0.2, 0) is 0 Å². The van der Waals surface area contributed by atoms with Crippen LogP contribution in [0.15, 0.2) is 30.5 Å². The molecule has 142 valence electrons. The first-order valence-electron chi connectivity index (χ1n) is 9.34. The van der Waals surface area contributed by atoms with E-state index in [1.165, 1.54) is 0 Å². The van der Waals surface area contributed by atoms with Gasteiger partial charge >= 0.3 is 0 Å². The molecule has 3 rings (SSSR count). The fraction of sp³-hybridized carbons (Fsp3) is 0.619. The molecule has 4 nitrogen and oxygen atoms in total. The SMILES string of the molecule is C=C1CCC2[C@](C)(CO)[C@H](O)CC[C@@]2(C)[C@@H]1CC(=O)c1cccnc1Cl. The Morgan fingerprint density at radius 3 is 2.81 bits per heavy atom. The summed E-state index contributed by atoms with van der Waals surface area (Å²) < 4.78 is 0. The second-order valence-corrected chi connectivity index (χ2v) is 8.85. The quantitative estimate of drug-likeness (QED) is 0.471. The number of carbonyl (C=O) groups excluding carboxylic acids is 1. The highest BCUT2D eigenvalue weighted by Crippen LogP contribution is 2.61. The van der Waals surface area contributed by atoms with Gasteiger partial charge in [-0.05, 0) is 55.1 Å². The number of rotatable bonds is 4. The Labute approximate surface area is 160 Å². The van der Waals surface area contributed by atoms with Gasteiger partial charge in [-0.15, -0.1) is 0 Å². The first-order valence-corrected chi connectivity index (χ1v) is 9.72. The van der Waals surface area contributed by atoms with Crippen molar-refractivity contribution in [3.8, 4) is 0 Å². The van der Waals surface area contributed by atoms with Crippen LogP contribution >= 0.6 is 11.6 Å². The minimum absolute atomic E-state index is 0.0170. The van der Waals surface area contributed by atoms with Crippen LogP contribution in [0, 0.1) is 22.7 Å². The Morgan fingerprint density at radius 1 is 1.42 bits per heavy atom. The zero-order valence-electron chi connectivity index (χ0n) is 15.5. The Morgan fingerprint density at radius 2 is 2.15 bits per heavy atom. The summed E-state index contributed by atoms with van der Waals surface area (Å²) in [6, 6.07) is 3.44. The molecule has 2 aliphatic rings. The molecule has 0 aromatic carbocycles. The van der Waals surface area contributed by atoms with E-state index in [1.54, 1.807) is 18.3 Å². The summed E-state index contributed by atoms with van der Waals surface area (Å²) in [6.45, 7) is 8.40. The summed E-state index contributed by atoms with van der Waals surface area (Å²) in [5.41, 5.74) is 0.833. The summed E-state index contributed by atoms with van der Waals surface area (Å²) in [5, 5.41) is 20.8. The van der Waals surface area contributed by atoms with Gasteiger partial charge in [-0.25, -0.2) is 4.98 Å². The molecule has 1 aromatic heterocycles. The van der Waals surface area contributed by atoms with Crippen LogP contribution in [0.4, 0.5) is 0 Å². The van der Waals surface area contributed by atoms with Gasteiger partial charge in [0.1, 0.15) is 5.15 Å². The molecule has 2 fully saturated rings. The van der Waals surface area contributed by atoms with Gasteiger partial charge < -0.3 is 10.2 Å². The third kappa shape index (κ3) is 3.02. The molecule has 5 heteroatoms. The molecule has 1 aromatic rings. The molecule has 0 spiro atoms. The van der Waals surface area contributed by atoms with Crippen LogP contribution in [0.3, 0.4) is 0 Å². The summed E-state index contributed by atoms with van der Waals surface area (Å²) in [7, 11) is 0. The average molecular weight is 378 g/mol. The zero-order valence-corrected chi connectivity index (χ0v) is 16.3. The number of Topliss-reactive ketones (excluding diaryl/α,β-unsaturated/α-hetero) is 1. The largest absolute Gasteiger partial charge is 0.396 e. The molecule has 2 saturated carbocycles. The first kappa shape index (κ1) is 19.5. The van der Waals surface area contributed by atoms with E-state index in [2.05, 4.69) is 18.5 Å². The smallest absolute Gasteiger partial charge is 0.166 e. The minimum atomic E-state index is -0.541. The van der Waals surface area contributed by atoms with Gasteiger partial charge in [-0.3, -0.25) is 4.79 Å². The van der Waals surface area contributed by atoms with Gasteiger partial charge in [0.2, 0.25) is 0 Å². The molecule has 1 heterocycles. The molecule has 0 aliphatic heterocycles. The van der Waals surface area contributed by atoms with Crippen molar-refractivity contribution in [2.45, 2.75) is 52.1 Å². The number of halogens is 1. The Kier molecular flexibility index (Phi) is 5.31. The molecule has 0 saturated heterocycles. The zero-order chi connectivity index (χ0) is 19.1. The molecule has 2 aliphatic carbocycles. The van der Waals surface area contributed by atoms with Crippen LogP contribution in [-0.4, -0.2) is 33.7 Å². The van der Waals surface area contributed by atoms with E-state index in [1.807, 2.05) is 6.92 Å². The number of aliphatic hydroxyl groups excluding tert-OH is 2. The molecule has 26 heavy (non-hydrogen) atoms. The maximum Gasteiger partial charge on any atom is 0.166 e. The number of nitrogens with zero attached hydrogens (tertiary/aromatic N) is 1. The number of ketones is 1. The van der Waals surface area contributed by atoms with Crippen LogP contribution in [0.5, 0.6) is 0 Å². The standard InChI is InChI=1S/C21H28ClNO3/c1-13-6-7-17-20(2,9-8-18(26)21(17,3)12-24)15(13)11-16(25)14-5-4-10-23-19(14)22/h4-5,10,15,17-18,24,26H,1,6-9,11-12H2,2-3H3/t15-,17?,18-,20+,21+/m1/s1. The lowest BCUT2D eigenvalue weighted by Crippen LogP contribution is -2.57. The molecule has 2 N–H and O–H groups in total. The molecule has 5 atom stereocenters. The van der Waals surface area contributed by atoms with Crippen molar-refractivity contribution in [1.29, 1.82) is 0 Å². The Balaban J connectivity index is 1.92. The number of carbonyl (C=O) groups is 1. The second-order valence-electron chi connectivity index (χ2n) is 8.50. The first-order chi connectivity index (χ1) is 12.2. The van der Waals surface area contributed by atoms with E-state index in [9.17, 15) is 15.0 Å². The number of aliphatic hydroxyl groups is 2. The summed E-state index contributed by atoms with van der Waals surface area (Å²) >= 11 is 6.11. The summed E-state index contributed by atoms with van der Waals surface area (Å²) in [6.07, 6.45) is 4.58. The van der Waals surface area contributed by atoms with Crippen molar-refractivity contribution in [2.75, 3.05) is 6.61 Å². The lowest BCUT2D eigenvalue weighted by Gasteiger charge is -2.59. The molecule has 0 radical (unpaired) electrons. The number of fused-ring (bicyclic) bond motifs is 1. The van der Waals surface area contributed by atoms with E-state index in [-0.39, 0.29) is 34.8 Å². The maximum absolute atomic E-state index is 12.9. The fourth-order valence-corrected chi connectivity index (χ4v) is 5.69. The van der Waals surface area contributed by atoms with Crippen LogP contribution in [0.25, 0.3) is 0 Å². The van der Waals surface area contributed by atoms with E-state index in [0.29, 0.717) is 18.4 Å². The predicted molar refractivity (Wildman–Crippen MR) is 102 cm³/mol. The summed E-state index contributed by atoms with van der Waals surface area (Å²) in [4.78, 5) is 16.9. The number of hydrogen-bond acceptors (Lipinski definition) is 4. The van der Waals surface area contributed by atoms with E-state index in [4.69, 9.17) is 11.6 Å². The van der Waals surface area contributed by atoms with Crippen molar-refractivity contribution >= 4 is 17.4 Å². The van der Waals surface area contributed by atoms with Gasteiger partial charge in [0, 0.05) is 18.0 Å². The van der Waals surface area contributed by atoms with E-state index >= 15 is 0 Å². The molecule has 1 unspecified atom stereocenters. The van der Waals surface area contributed by atoms with Gasteiger partial charge in [-0.2, -0.15) is 0 Å². The maximum atomic E-state index is 12.9. The monoisotopic (exact) mass is 377 g/mol. The second kappa shape index (κ2) is 7.06. The lowest BCUT2D eigenvalue weighted by atomic mass is 9.46. The lowest BCUT2D eigenvalue weighted by molar-refractivity contribution is -0.151. The van der Waals surface area contributed by atoms with E-state index in [0.717, 1.165) is 24.8 Å². The fourth-order valence-electron chi connectivity index (χ4n) is 5.47. The third-order valence-corrected chi connectivity index (χ3v) is 7.44. The number of pyridine rings is 1. The highest BCUT2D eigenvalue weighted by Gasteiger charge is 2.57. The Hall–Kier alpha value is -1.23. The van der Waals surface area contributed by atoms with Crippen molar-refractivity contribution in [3.05, 3.63) is 41.2 Å². The van der Waals surface area contributed by atoms with Gasteiger partial charge in [0.05, 0.1) is 18.3 Å². The molecule has 0 bridgehead atoms. The topological polar surface area (TPSA) is 70.4 Å². The molecular weight excluding hydrogens is 350 g/mol. The third-order valence-electron chi connectivity index (χ3n) is 7.14. The summed E-state index contributed by atoms with van der Waals surface area (Å²) in [5.74, 6) is 0.146. The highest BCUT2D eigenvalue weighted by atomic mass is 35.5. The molecule has 0 amide bonds. The number of hydrogen-bond donors (Lipinski definition) is 2. The van der Waals surface area contributed by atoms with Crippen molar-refractivity contribution in [3.63, 3.8) is 0 Å². The highest BCUT2D eigenvalue weighted by molar-refractivity contribution is 6.32. The number of allylic oxidation sites excluding steroid dienone is 1. The predicted octanol–water partition coefficient (Wildman–Crippen LogP) is 4.05. The minimum Gasteiger partial charge on any atom is -0.396 e. The van der Waals surface area contributed by atoms with Crippen LogP contribution in [0.2, 0.25) is 5.15 Å². The number of aromatic nitrogens is 1. The van der Waals surface area contributed by atoms with Crippen molar-refractivity contribution in [1.82, 2.24) is 4.98 Å². The van der Waals surface area contributed by atoms with Crippen molar-refractivity contribution < 1.29 is 15.0 Å². The average Bonchev–Trinajstić information content (AvgIpc) is 2.62. The normalized spacial score (nSPS) is 37.3. The van der Waals surface area contributed by atoms with Gasteiger partial charge in [-0.1, -0.05) is 37.6 Å². The molecular formula is C21H28ClNO3. The Bertz CT molecular complexity index is 721. The van der Waals surface area contributed by atoms with E-state index < -0.39 is 11.5 Å². The van der Waals surface area contributed by atoms with Crippen molar-refractivity contribution in [2.24, 2.45) is 22.7 Å². The van der Waals surface area contributed by atoms with Crippen LogP contribution < -0.4 is 0 Å². The van der Waals surface area contributed by atoms with Gasteiger partial charge in [0.15, 0.2) is 5.78 Å².